The highest BCUT2D eigenvalue weighted by atomic mass is 32.1. The predicted molar refractivity (Wildman–Crippen MR) is 137 cm³/mol. The van der Waals surface area contributed by atoms with Gasteiger partial charge in [-0.2, -0.15) is 0 Å². The van der Waals surface area contributed by atoms with E-state index in [1.54, 1.807) is 23.3 Å². The molecular weight excluding hydrogens is 460 g/mol. The van der Waals surface area contributed by atoms with E-state index in [1.807, 2.05) is 73.0 Å². The summed E-state index contributed by atoms with van der Waals surface area (Å²) in [5, 5.41) is 5.02. The van der Waals surface area contributed by atoms with Gasteiger partial charge in [-0.15, -0.1) is 11.3 Å². The minimum Gasteiger partial charge on any atom is -0.497 e. The molecule has 0 aliphatic carbocycles. The van der Waals surface area contributed by atoms with Gasteiger partial charge in [0.25, 0.3) is 0 Å². The van der Waals surface area contributed by atoms with Crippen molar-refractivity contribution in [2.75, 3.05) is 20.3 Å². The number of ether oxygens (including phenoxy) is 2. The average molecular weight is 493 g/mol. The molecule has 0 radical (unpaired) electrons. The molecule has 2 atom stereocenters. The first-order chi connectivity index (χ1) is 17.0. The molecule has 1 aliphatic heterocycles. The Hall–Kier alpha value is -3.16. The highest BCUT2D eigenvalue weighted by Crippen LogP contribution is 2.26. The van der Waals surface area contributed by atoms with Gasteiger partial charge in [-0.25, -0.2) is 0 Å². The van der Waals surface area contributed by atoms with Gasteiger partial charge >= 0.3 is 0 Å². The minimum atomic E-state index is -0.745. The van der Waals surface area contributed by atoms with Crippen molar-refractivity contribution in [3.05, 3.63) is 87.6 Å². The standard InChI is InChI=1S/C28H32N2O4S/c1-20-7-11-22(12-8-20)27(28(32)29-18-21-9-13-23(33-2)14-10-21)30(19-24-5-3-15-34-24)26(31)17-25-6-4-16-35-25/h4,6-14,16,24,27H,3,5,15,17-19H2,1-2H3,(H,29,32)/t24-,27+/m0/s1. The number of rotatable bonds is 10. The Morgan fingerprint density at radius 1 is 1.14 bits per heavy atom. The minimum absolute atomic E-state index is 0.0652. The predicted octanol–water partition coefficient (Wildman–Crippen LogP) is 4.67. The summed E-state index contributed by atoms with van der Waals surface area (Å²) in [6, 6.07) is 18.6. The summed E-state index contributed by atoms with van der Waals surface area (Å²) >= 11 is 1.55. The number of benzene rings is 2. The highest BCUT2D eigenvalue weighted by Gasteiger charge is 2.34. The van der Waals surface area contributed by atoms with Gasteiger partial charge in [-0.05, 0) is 54.5 Å². The van der Waals surface area contributed by atoms with E-state index in [-0.39, 0.29) is 24.3 Å². The normalized spacial score (nSPS) is 16.0. The smallest absolute Gasteiger partial charge is 0.247 e. The first-order valence-electron chi connectivity index (χ1n) is 11.9. The Balaban J connectivity index is 1.60. The molecule has 7 heteroatoms. The van der Waals surface area contributed by atoms with E-state index in [0.29, 0.717) is 19.7 Å². The number of amides is 2. The third-order valence-corrected chi connectivity index (χ3v) is 7.11. The van der Waals surface area contributed by atoms with Crippen LogP contribution in [0.1, 0.15) is 40.5 Å². The fraction of sp³-hybridized carbons (Fsp3) is 0.357. The largest absolute Gasteiger partial charge is 0.497 e. The lowest BCUT2D eigenvalue weighted by atomic mass is 10.0. The average Bonchev–Trinajstić information content (AvgIpc) is 3.58. The Kier molecular flexibility index (Phi) is 8.55. The Bertz CT molecular complexity index is 1090. The van der Waals surface area contributed by atoms with Gasteiger partial charge in [0, 0.05) is 24.6 Å². The molecule has 6 nitrogen and oxygen atoms in total. The number of nitrogens with zero attached hydrogens (tertiary/aromatic N) is 1. The van der Waals surface area contributed by atoms with Crippen LogP contribution >= 0.6 is 11.3 Å². The summed E-state index contributed by atoms with van der Waals surface area (Å²) in [5.74, 6) is 0.481. The second-order valence-corrected chi connectivity index (χ2v) is 9.85. The van der Waals surface area contributed by atoms with Gasteiger partial charge in [0.2, 0.25) is 11.8 Å². The molecule has 1 fully saturated rings. The van der Waals surface area contributed by atoms with E-state index in [9.17, 15) is 9.59 Å². The summed E-state index contributed by atoms with van der Waals surface area (Å²) in [7, 11) is 1.62. The first kappa shape index (κ1) is 24.9. The number of carbonyl (C=O) groups excluding carboxylic acids is 2. The van der Waals surface area contributed by atoms with Gasteiger partial charge in [-0.1, -0.05) is 48.0 Å². The number of hydrogen-bond donors (Lipinski definition) is 1. The topological polar surface area (TPSA) is 67.9 Å². The Morgan fingerprint density at radius 2 is 1.91 bits per heavy atom. The van der Waals surface area contributed by atoms with Crippen LogP contribution in [0, 0.1) is 6.92 Å². The molecule has 0 bridgehead atoms. The van der Waals surface area contributed by atoms with Crippen molar-refractivity contribution in [1.82, 2.24) is 10.2 Å². The van der Waals surface area contributed by atoms with Crippen LogP contribution in [0.15, 0.2) is 66.0 Å². The molecule has 35 heavy (non-hydrogen) atoms. The molecule has 1 saturated heterocycles. The Labute approximate surface area is 210 Å². The number of aryl methyl sites for hydroxylation is 1. The molecule has 0 spiro atoms. The zero-order valence-corrected chi connectivity index (χ0v) is 21.1. The zero-order chi connectivity index (χ0) is 24.6. The fourth-order valence-electron chi connectivity index (χ4n) is 4.27. The van der Waals surface area contributed by atoms with Crippen LogP contribution in [0.3, 0.4) is 0 Å². The molecule has 1 N–H and O–H groups in total. The lowest BCUT2D eigenvalue weighted by Gasteiger charge is -2.33. The van der Waals surface area contributed by atoms with E-state index in [0.717, 1.165) is 40.2 Å². The van der Waals surface area contributed by atoms with Crippen molar-refractivity contribution in [2.45, 2.75) is 44.9 Å². The van der Waals surface area contributed by atoms with Crippen LogP contribution in [0.2, 0.25) is 0 Å². The number of nitrogens with one attached hydrogen (secondary N) is 1. The van der Waals surface area contributed by atoms with Crippen LogP contribution in [-0.4, -0.2) is 43.1 Å². The van der Waals surface area contributed by atoms with Crippen LogP contribution in [0.25, 0.3) is 0 Å². The maximum atomic E-state index is 13.7. The summed E-state index contributed by atoms with van der Waals surface area (Å²) < 4.78 is 11.1. The lowest BCUT2D eigenvalue weighted by Crippen LogP contribution is -2.47. The maximum Gasteiger partial charge on any atom is 0.247 e. The number of methoxy groups -OCH3 is 1. The molecule has 2 aromatic carbocycles. The molecule has 2 amide bonds. The van der Waals surface area contributed by atoms with Gasteiger partial charge in [0.1, 0.15) is 11.8 Å². The first-order valence-corrected chi connectivity index (χ1v) is 12.8. The van der Waals surface area contributed by atoms with E-state index in [2.05, 4.69) is 5.32 Å². The van der Waals surface area contributed by atoms with Crippen LogP contribution in [0.5, 0.6) is 5.75 Å². The third-order valence-electron chi connectivity index (χ3n) is 6.23. The third kappa shape index (κ3) is 6.71. The summed E-state index contributed by atoms with van der Waals surface area (Å²) in [4.78, 5) is 30.0. The van der Waals surface area contributed by atoms with Crippen LogP contribution < -0.4 is 10.1 Å². The molecule has 184 valence electrons. The van der Waals surface area contributed by atoms with Crippen molar-refractivity contribution in [2.24, 2.45) is 0 Å². The molecule has 1 aliphatic rings. The lowest BCUT2D eigenvalue weighted by molar-refractivity contribution is -0.142. The summed E-state index contributed by atoms with van der Waals surface area (Å²) in [6.07, 6.45) is 2.05. The zero-order valence-electron chi connectivity index (χ0n) is 20.2. The van der Waals surface area contributed by atoms with Crippen molar-refractivity contribution in [3.63, 3.8) is 0 Å². The van der Waals surface area contributed by atoms with Crippen molar-refractivity contribution in [1.29, 1.82) is 0 Å². The van der Waals surface area contributed by atoms with E-state index < -0.39 is 6.04 Å². The molecule has 1 aromatic heterocycles. The summed E-state index contributed by atoms with van der Waals surface area (Å²) in [6.45, 7) is 3.45. The Morgan fingerprint density at radius 3 is 2.54 bits per heavy atom. The van der Waals surface area contributed by atoms with Crippen molar-refractivity contribution < 1.29 is 19.1 Å². The molecular formula is C28H32N2O4S. The molecule has 3 aromatic rings. The number of hydrogen-bond acceptors (Lipinski definition) is 5. The van der Waals surface area contributed by atoms with Crippen molar-refractivity contribution in [3.8, 4) is 5.75 Å². The molecule has 0 saturated carbocycles. The van der Waals surface area contributed by atoms with Gasteiger partial charge in [-0.3, -0.25) is 9.59 Å². The highest BCUT2D eigenvalue weighted by molar-refractivity contribution is 7.10. The molecule has 0 unspecified atom stereocenters. The number of thiophene rings is 1. The molecule has 4 rings (SSSR count). The van der Waals surface area contributed by atoms with Crippen LogP contribution in [-0.2, 0) is 27.3 Å². The second kappa shape index (κ2) is 12.0. The van der Waals surface area contributed by atoms with Crippen LogP contribution in [0.4, 0.5) is 0 Å². The van der Waals surface area contributed by atoms with E-state index >= 15 is 0 Å². The number of carbonyl (C=O) groups is 2. The fourth-order valence-corrected chi connectivity index (χ4v) is 4.97. The quantitative estimate of drug-likeness (QED) is 0.447. The monoisotopic (exact) mass is 492 g/mol. The van der Waals surface area contributed by atoms with E-state index in [4.69, 9.17) is 9.47 Å². The van der Waals surface area contributed by atoms with Gasteiger partial charge < -0.3 is 19.7 Å². The van der Waals surface area contributed by atoms with Gasteiger partial charge in [0.05, 0.1) is 19.6 Å². The second-order valence-electron chi connectivity index (χ2n) is 8.82. The molecule has 2 heterocycles. The maximum absolute atomic E-state index is 13.7. The summed E-state index contributed by atoms with van der Waals surface area (Å²) in [5.41, 5.74) is 2.85. The van der Waals surface area contributed by atoms with Crippen molar-refractivity contribution >= 4 is 23.2 Å². The SMILES string of the molecule is COc1ccc(CNC(=O)[C@@H](c2ccc(C)cc2)N(C[C@@H]2CCCO2)C(=O)Cc2cccs2)cc1. The van der Waals surface area contributed by atoms with E-state index in [1.165, 1.54) is 0 Å². The van der Waals surface area contributed by atoms with Gasteiger partial charge in [0.15, 0.2) is 0 Å².